The van der Waals surface area contributed by atoms with Gasteiger partial charge in [-0.25, -0.2) is 8.42 Å². The fraction of sp³-hybridized carbons (Fsp3) is 0.333. The van der Waals surface area contributed by atoms with Gasteiger partial charge in [-0.3, -0.25) is 0 Å². The highest BCUT2D eigenvalue weighted by Gasteiger charge is 2.31. The van der Waals surface area contributed by atoms with Gasteiger partial charge in [0.1, 0.15) is 0 Å². The van der Waals surface area contributed by atoms with E-state index in [1.54, 1.807) is 0 Å². The minimum absolute atomic E-state index is 0.280. The van der Waals surface area contributed by atoms with Gasteiger partial charge in [-0.05, 0) is 24.6 Å². The van der Waals surface area contributed by atoms with Crippen molar-refractivity contribution in [2.75, 3.05) is 6.26 Å². The molecular weight excluding hydrogens is 229 g/mol. The lowest BCUT2D eigenvalue weighted by Gasteiger charge is -2.09. The van der Waals surface area contributed by atoms with Gasteiger partial charge in [0.25, 0.3) is 0 Å². The Kier molecular flexibility index (Phi) is 2.82. The first-order valence-corrected chi connectivity index (χ1v) is 5.89. The van der Waals surface area contributed by atoms with Crippen molar-refractivity contribution in [3.8, 4) is 0 Å². The molecule has 0 radical (unpaired) electrons. The molecule has 0 fully saturated rings. The third kappa shape index (κ3) is 2.71. The molecular formula is C9H9F3O2S. The summed E-state index contributed by atoms with van der Waals surface area (Å²) < 4.78 is 59.2. The van der Waals surface area contributed by atoms with Crippen molar-refractivity contribution >= 4 is 9.84 Å². The normalized spacial score (nSPS) is 12.9. The molecule has 1 aromatic carbocycles. The summed E-state index contributed by atoms with van der Waals surface area (Å²) >= 11 is 0. The molecule has 1 rings (SSSR count). The lowest BCUT2D eigenvalue weighted by atomic mass is 10.1. The number of hydrogen-bond acceptors (Lipinski definition) is 2. The first-order chi connectivity index (χ1) is 6.62. The number of halogens is 3. The average Bonchev–Trinajstić information content (AvgIpc) is 2.00. The quantitative estimate of drug-likeness (QED) is 0.753. The molecule has 0 aliphatic rings. The average molecular weight is 238 g/mol. The summed E-state index contributed by atoms with van der Waals surface area (Å²) in [4.78, 5) is -0.280. The molecule has 0 N–H and O–H groups in total. The smallest absolute Gasteiger partial charge is 0.224 e. The molecule has 0 aliphatic heterocycles. The molecule has 0 aromatic heterocycles. The number of rotatable bonds is 1. The van der Waals surface area contributed by atoms with Crippen molar-refractivity contribution in [3.63, 3.8) is 0 Å². The minimum atomic E-state index is -4.52. The van der Waals surface area contributed by atoms with Crippen LogP contribution in [-0.2, 0) is 16.0 Å². The van der Waals surface area contributed by atoms with Crippen molar-refractivity contribution in [1.29, 1.82) is 0 Å². The molecule has 0 saturated heterocycles. The van der Waals surface area contributed by atoms with Crippen LogP contribution in [0, 0.1) is 6.92 Å². The van der Waals surface area contributed by atoms with E-state index in [0.29, 0.717) is 11.6 Å². The zero-order valence-corrected chi connectivity index (χ0v) is 8.91. The summed E-state index contributed by atoms with van der Waals surface area (Å²) in [6, 6.07) is 2.67. The maximum Gasteiger partial charge on any atom is 0.416 e. The highest BCUT2D eigenvalue weighted by Crippen LogP contribution is 2.31. The second-order valence-corrected chi connectivity index (χ2v) is 5.23. The second kappa shape index (κ2) is 3.52. The third-order valence-corrected chi connectivity index (χ3v) is 3.15. The van der Waals surface area contributed by atoms with Crippen molar-refractivity contribution in [2.45, 2.75) is 18.0 Å². The van der Waals surface area contributed by atoms with Gasteiger partial charge in [0.05, 0.1) is 10.5 Å². The van der Waals surface area contributed by atoms with Gasteiger partial charge in [0.15, 0.2) is 9.84 Å². The van der Waals surface area contributed by atoms with E-state index < -0.39 is 21.6 Å². The summed E-state index contributed by atoms with van der Waals surface area (Å²) in [6.45, 7) is 1.45. The molecule has 15 heavy (non-hydrogen) atoms. The van der Waals surface area contributed by atoms with Crippen LogP contribution in [0.15, 0.2) is 23.1 Å². The van der Waals surface area contributed by atoms with Crippen LogP contribution in [0.5, 0.6) is 0 Å². The number of alkyl halides is 3. The van der Waals surface area contributed by atoms with Crippen molar-refractivity contribution in [2.24, 2.45) is 0 Å². The fourth-order valence-electron chi connectivity index (χ4n) is 1.18. The van der Waals surface area contributed by atoms with E-state index in [2.05, 4.69) is 0 Å². The van der Waals surface area contributed by atoms with E-state index >= 15 is 0 Å². The Hall–Kier alpha value is -1.04. The first kappa shape index (κ1) is 12.0. The van der Waals surface area contributed by atoms with Crippen LogP contribution in [0.4, 0.5) is 13.2 Å². The highest BCUT2D eigenvalue weighted by molar-refractivity contribution is 7.90. The summed E-state index contributed by atoms with van der Waals surface area (Å²) in [5.41, 5.74) is -0.640. The Morgan fingerprint density at radius 3 is 2.13 bits per heavy atom. The summed E-state index contributed by atoms with van der Waals surface area (Å²) in [5, 5.41) is 0. The lowest BCUT2D eigenvalue weighted by molar-refractivity contribution is -0.137. The number of benzene rings is 1. The van der Waals surface area contributed by atoms with Gasteiger partial charge in [-0.2, -0.15) is 13.2 Å². The van der Waals surface area contributed by atoms with Gasteiger partial charge < -0.3 is 0 Å². The Bertz CT molecular complexity index is 475. The molecule has 0 spiro atoms. The van der Waals surface area contributed by atoms with E-state index in [1.165, 1.54) is 6.92 Å². The molecule has 0 amide bonds. The largest absolute Gasteiger partial charge is 0.416 e. The topological polar surface area (TPSA) is 34.1 Å². The predicted octanol–water partition coefficient (Wildman–Crippen LogP) is 2.42. The molecule has 0 heterocycles. The zero-order valence-electron chi connectivity index (χ0n) is 8.09. The minimum Gasteiger partial charge on any atom is -0.224 e. The second-order valence-electron chi connectivity index (χ2n) is 3.25. The van der Waals surface area contributed by atoms with Gasteiger partial charge >= 0.3 is 6.18 Å². The van der Waals surface area contributed by atoms with Crippen molar-refractivity contribution in [1.82, 2.24) is 0 Å². The molecule has 0 unspecified atom stereocenters. The molecule has 2 nitrogen and oxygen atoms in total. The highest BCUT2D eigenvalue weighted by atomic mass is 32.2. The Balaban J connectivity index is 3.43. The maximum atomic E-state index is 12.3. The van der Waals surface area contributed by atoms with Crippen molar-refractivity contribution in [3.05, 3.63) is 29.3 Å². The van der Waals surface area contributed by atoms with Crippen molar-refractivity contribution < 1.29 is 21.6 Å². The van der Waals surface area contributed by atoms with E-state index in [0.717, 1.165) is 18.4 Å². The number of hydrogen-bond donors (Lipinski definition) is 0. The molecule has 1 aromatic rings. The lowest BCUT2D eigenvalue weighted by Crippen LogP contribution is -2.08. The molecule has 0 atom stereocenters. The Morgan fingerprint density at radius 1 is 1.20 bits per heavy atom. The van der Waals surface area contributed by atoms with Gasteiger partial charge in [-0.15, -0.1) is 0 Å². The van der Waals surface area contributed by atoms with Crippen LogP contribution in [0.1, 0.15) is 11.1 Å². The standard InChI is InChI=1S/C9H9F3O2S/c1-6-3-4-7(9(10,11)12)5-8(6)15(2,13)14/h3-5H,1-2H3. The van der Waals surface area contributed by atoms with Crippen LogP contribution < -0.4 is 0 Å². The molecule has 6 heteroatoms. The summed E-state index contributed by atoms with van der Waals surface area (Å²) in [7, 11) is -3.62. The number of aryl methyl sites for hydroxylation is 1. The summed E-state index contributed by atoms with van der Waals surface area (Å²) in [5.74, 6) is 0. The fourth-order valence-corrected chi connectivity index (χ4v) is 2.17. The Morgan fingerprint density at radius 2 is 1.73 bits per heavy atom. The molecule has 0 saturated carbocycles. The van der Waals surface area contributed by atoms with Crippen LogP contribution >= 0.6 is 0 Å². The van der Waals surface area contributed by atoms with Gasteiger partial charge in [0.2, 0.25) is 0 Å². The van der Waals surface area contributed by atoms with E-state index in [4.69, 9.17) is 0 Å². The molecule has 0 bridgehead atoms. The van der Waals surface area contributed by atoms with E-state index in [1.807, 2.05) is 0 Å². The summed E-state index contributed by atoms with van der Waals surface area (Å²) in [6.07, 6.45) is -3.64. The number of sulfone groups is 1. The Labute approximate surface area is 85.6 Å². The van der Waals surface area contributed by atoms with Gasteiger partial charge in [-0.1, -0.05) is 6.07 Å². The third-order valence-electron chi connectivity index (χ3n) is 1.91. The molecule has 84 valence electrons. The first-order valence-electron chi connectivity index (χ1n) is 4.00. The van der Waals surface area contributed by atoms with E-state index in [9.17, 15) is 21.6 Å². The predicted molar refractivity (Wildman–Crippen MR) is 49.3 cm³/mol. The maximum absolute atomic E-state index is 12.3. The van der Waals surface area contributed by atoms with Crippen LogP contribution in [-0.4, -0.2) is 14.7 Å². The van der Waals surface area contributed by atoms with Crippen LogP contribution in [0.2, 0.25) is 0 Å². The molecule has 0 aliphatic carbocycles. The van der Waals surface area contributed by atoms with Crippen LogP contribution in [0.3, 0.4) is 0 Å². The zero-order chi connectivity index (χ0) is 11.9. The van der Waals surface area contributed by atoms with Crippen LogP contribution in [0.25, 0.3) is 0 Å². The SMILES string of the molecule is Cc1ccc(C(F)(F)F)cc1S(C)(=O)=O. The van der Waals surface area contributed by atoms with Gasteiger partial charge in [0, 0.05) is 6.26 Å². The monoisotopic (exact) mass is 238 g/mol. The van der Waals surface area contributed by atoms with E-state index in [-0.39, 0.29) is 4.90 Å².